The summed E-state index contributed by atoms with van der Waals surface area (Å²) >= 11 is 0. The third-order valence-corrected chi connectivity index (χ3v) is 1.93. The number of nitrogens with one attached hydrogen (secondary N) is 1. The maximum absolute atomic E-state index is 10.4. The zero-order valence-electron chi connectivity index (χ0n) is 9.42. The molecule has 0 aliphatic rings. The van der Waals surface area contributed by atoms with Crippen molar-refractivity contribution in [1.29, 1.82) is 0 Å². The Labute approximate surface area is 91.3 Å². The summed E-state index contributed by atoms with van der Waals surface area (Å²) < 4.78 is 5.35. The van der Waals surface area contributed by atoms with Crippen LogP contribution in [0.15, 0.2) is 12.2 Å². The molecule has 0 aromatic heterocycles. The SMILES string of the molecule is C=C(CNCCCOCCCC)C(=O)O. The second-order valence-electron chi connectivity index (χ2n) is 3.40. The first-order chi connectivity index (χ1) is 7.18. The van der Waals surface area contributed by atoms with Crippen LogP contribution < -0.4 is 5.32 Å². The Balaban J connectivity index is 3.11. The van der Waals surface area contributed by atoms with Crippen LogP contribution >= 0.6 is 0 Å². The first-order valence-corrected chi connectivity index (χ1v) is 5.38. The first kappa shape index (κ1) is 14.1. The van der Waals surface area contributed by atoms with Crippen molar-refractivity contribution in [2.24, 2.45) is 0 Å². The highest BCUT2D eigenvalue weighted by Crippen LogP contribution is 1.90. The fourth-order valence-corrected chi connectivity index (χ4v) is 0.963. The number of carbonyl (C=O) groups is 1. The lowest BCUT2D eigenvalue weighted by Gasteiger charge is -2.05. The second kappa shape index (κ2) is 9.68. The third kappa shape index (κ3) is 9.43. The number of aliphatic carboxylic acids is 1. The number of rotatable bonds is 10. The fourth-order valence-electron chi connectivity index (χ4n) is 0.963. The molecule has 0 aromatic carbocycles. The van der Waals surface area contributed by atoms with Crippen molar-refractivity contribution >= 4 is 5.97 Å². The average Bonchev–Trinajstić information content (AvgIpc) is 2.21. The molecule has 0 rings (SSSR count). The Morgan fingerprint density at radius 2 is 2.07 bits per heavy atom. The predicted molar refractivity (Wildman–Crippen MR) is 60.0 cm³/mol. The highest BCUT2D eigenvalue weighted by Gasteiger charge is 2.01. The minimum Gasteiger partial charge on any atom is -0.478 e. The van der Waals surface area contributed by atoms with Gasteiger partial charge in [-0.2, -0.15) is 0 Å². The summed E-state index contributed by atoms with van der Waals surface area (Å²) in [6.45, 7) is 8.19. The summed E-state index contributed by atoms with van der Waals surface area (Å²) in [4.78, 5) is 10.4. The maximum atomic E-state index is 10.4. The third-order valence-electron chi connectivity index (χ3n) is 1.93. The van der Waals surface area contributed by atoms with Gasteiger partial charge in [0.2, 0.25) is 0 Å². The minimum absolute atomic E-state index is 0.196. The zero-order chi connectivity index (χ0) is 11.5. The Morgan fingerprint density at radius 1 is 1.40 bits per heavy atom. The van der Waals surface area contributed by atoms with Crippen LogP contribution in [-0.4, -0.2) is 37.4 Å². The van der Waals surface area contributed by atoms with Crippen LogP contribution in [-0.2, 0) is 9.53 Å². The van der Waals surface area contributed by atoms with Gasteiger partial charge in [-0.15, -0.1) is 0 Å². The smallest absolute Gasteiger partial charge is 0.332 e. The van der Waals surface area contributed by atoms with E-state index in [9.17, 15) is 4.79 Å². The quantitative estimate of drug-likeness (QED) is 0.427. The van der Waals surface area contributed by atoms with E-state index in [-0.39, 0.29) is 5.57 Å². The predicted octanol–water partition coefficient (Wildman–Crippen LogP) is 1.42. The van der Waals surface area contributed by atoms with Gasteiger partial charge < -0.3 is 15.2 Å². The van der Waals surface area contributed by atoms with Gasteiger partial charge in [0.25, 0.3) is 0 Å². The van der Waals surface area contributed by atoms with E-state index in [0.717, 1.165) is 39.0 Å². The summed E-state index contributed by atoms with van der Waals surface area (Å²) in [6.07, 6.45) is 3.15. The molecule has 2 N–H and O–H groups in total. The van der Waals surface area contributed by atoms with Crippen molar-refractivity contribution in [1.82, 2.24) is 5.32 Å². The van der Waals surface area contributed by atoms with Gasteiger partial charge in [-0.1, -0.05) is 19.9 Å². The van der Waals surface area contributed by atoms with E-state index in [1.807, 2.05) is 0 Å². The molecule has 0 radical (unpaired) electrons. The largest absolute Gasteiger partial charge is 0.478 e. The first-order valence-electron chi connectivity index (χ1n) is 5.38. The van der Waals surface area contributed by atoms with Crippen LogP contribution in [0, 0.1) is 0 Å². The van der Waals surface area contributed by atoms with Crippen molar-refractivity contribution in [3.63, 3.8) is 0 Å². The van der Waals surface area contributed by atoms with E-state index in [1.54, 1.807) is 0 Å². The van der Waals surface area contributed by atoms with E-state index in [2.05, 4.69) is 18.8 Å². The zero-order valence-corrected chi connectivity index (χ0v) is 9.42. The standard InChI is InChI=1S/C11H21NO3/c1-3-4-7-15-8-5-6-12-9-10(2)11(13)14/h12H,2-9H2,1H3,(H,13,14). The second-order valence-corrected chi connectivity index (χ2v) is 3.40. The average molecular weight is 215 g/mol. The van der Waals surface area contributed by atoms with E-state index in [0.29, 0.717) is 6.54 Å². The summed E-state index contributed by atoms with van der Waals surface area (Å²) in [5.41, 5.74) is 0.196. The van der Waals surface area contributed by atoms with Gasteiger partial charge in [-0.05, 0) is 19.4 Å². The lowest BCUT2D eigenvalue weighted by atomic mass is 10.3. The monoisotopic (exact) mass is 215 g/mol. The number of carboxylic acid groups (broad SMARTS) is 1. The van der Waals surface area contributed by atoms with Gasteiger partial charge in [0.05, 0.1) is 0 Å². The Morgan fingerprint density at radius 3 is 2.67 bits per heavy atom. The van der Waals surface area contributed by atoms with Crippen LogP contribution in [0.3, 0.4) is 0 Å². The number of carboxylic acids is 1. The van der Waals surface area contributed by atoms with E-state index >= 15 is 0 Å². The molecule has 0 saturated heterocycles. The van der Waals surface area contributed by atoms with Gasteiger partial charge in [-0.25, -0.2) is 4.79 Å². The molecule has 15 heavy (non-hydrogen) atoms. The van der Waals surface area contributed by atoms with E-state index < -0.39 is 5.97 Å². The minimum atomic E-state index is -0.943. The molecule has 0 atom stereocenters. The topological polar surface area (TPSA) is 58.6 Å². The van der Waals surface area contributed by atoms with Gasteiger partial charge in [0, 0.05) is 25.3 Å². The van der Waals surface area contributed by atoms with Crippen LogP contribution in [0.5, 0.6) is 0 Å². The highest BCUT2D eigenvalue weighted by molar-refractivity contribution is 5.86. The number of hydrogen-bond acceptors (Lipinski definition) is 3. The van der Waals surface area contributed by atoms with E-state index in [1.165, 1.54) is 0 Å². The van der Waals surface area contributed by atoms with Crippen molar-refractivity contribution in [2.75, 3.05) is 26.3 Å². The van der Waals surface area contributed by atoms with Crippen LogP contribution in [0.4, 0.5) is 0 Å². The summed E-state index contributed by atoms with van der Waals surface area (Å²) in [7, 11) is 0. The number of unbranched alkanes of at least 4 members (excludes halogenated alkanes) is 1. The van der Waals surface area contributed by atoms with Crippen molar-refractivity contribution < 1.29 is 14.6 Å². The summed E-state index contributed by atoms with van der Waals surface area (Å²) in [5.74, 6) is -0.943. The van der Waals surface area contributed by atoms with Crippen molar-refractivity contribution in [3.8, 4) is 0 Å². The molecule has 0 unspecified atom stereocenters. The summed E-state index contributed by atoms with van der Waals surface area (Å²) in [6, 6.07) is 0. The molecule has 0 aromatic rings. The molecule has 4 nitrogen and oxygen atoms in total. The molecule has 0 saturated carbocycles. The van der Waals surface area contributed by atoms with Crippen LogP contribution in [0.1, 0.15) is 26.2 Å². The Kier molecular flexibility index (Phi) is 9.11. The van der Waals surface area contributed by atoms with Gasteiger partial charge in [0.15, 0.2) is 0 Å². The van der Waals surface area contributed by atoms with Crippen LogP contribution in [0.2, 0.25) is 0 Å². The molecule has 0 spiro atoms. The molecule has 0 aliphatic heterocycles. The molecule has 88 valence electrons. The lowest BCUT2D eigenvalue weighted by molar-refractivity contribution is -0.132. The highest BCUT2D eigenvalue weighted by atomic mass is 16.5. The molecule has 0 heterocycles. The number of ether oxygens (including phenoxy) is 1. The van der Waals surface area contributed by atoms with Gasteiger partial charge >= 0.3 is 5.97 Å². The number of hydrogen-bond donors (Lipinski definition) is 2. The molecular formula is C11H21NO3. The van der Waals surface area contributed by atoms with Crippen LogP contribution in [0.25, 0.3) is 0 Å². The molecule has 0 bridgehead atoms. The molecule has 0 fully saturated rings. The Bertz CT molecular complexity index is 192. The molecule has 4 heteroatoms. The van der Waals surface area contributed by atoms with Crippen molar-refractivity contribution in [3.05, 3.63) is 12.2 Å². The summed E-state index contributed by atoms with van der Waals surface area (Å²) in [5, 5.41) is 11.5. The molecular weight excluding hydrogens is 194 g/mol. The van der Waals surface area contributed by atoms with Gasteiger partial charge in [-0.3, -0.25) is 0 Å². The Hall–Kier alpha value is -0.870. The lowest BCUT2D eigenvalue weighted by Crippen LogP contribution is -2.22. The molecule has 0 aliphatic carbocycles. The van der Waals surface area contributed by atoms with Crippen molar-refractivity contribution in [2.45, 2.75) is 26.2 Å². The molecule has 0 amide bonds. The van der Waals surface area contributed by atoms with Gasteiger partial charge in [0.1, 0.15) is 0 Å². The normalized spacial score (nSPS) is 10.2. The van der Waals surface area contributed by atoms with E-state index in [4.69, 9.17) is 9.84 Å². The fraction of sp³-hybridized carbons (Fsp3) is 0.727. The maximum Gasteiger partial charge on any atom is 0.332 e.